The molecule has 130 valence electrons. The van der Waals surface area contributed by atoms with Crippen LogP contribution in [0, 0.1) is 11.3 Å². The molecule has 0 aromatic carbocycles. The summed E-state index contributed by atoms with van der Waals surface area (Å²) in [6, 6.07) is 0.918. The van der Waals surface area contributed by atoms with E-state index in [1.165, 1.54) is 39.8 Å². The highest BCUT2D eigenvalue weighted by molar-refractivity contribution is 8.01. The van der Waals surface area contributed by atoms with Crippen LogP contribution in [0.1, 0.15) is 6.42 Å². The second-order valence-corrected chi connectivity index (χ2v) is 8.20. The maximum absolute atomic E-state index is 12.3. The smallest absolute Gasteiger partial charge is 0.352 e. The maximum Gasteiger partial charge on any atom is 0.352 e. The van der Waals surface area contributed by atoms with Crippen molar-refractivity contribution in [1.82, 2.24) is 20.4 Å². The van der Waals surface area contributed by atoms with Gasteiger partial charge in [0.15, 0.2) is 4.34 Å². The molecule has 0 bridgehead atoms. The number of aromatic nitrogens is 2. The van der Waals surface area contributed by atoms with Crippen LogP contribution in [0.5, 0.6) is 0 Å². The number of amides is 2. The first-order chi connectivity index (χ1) is 12.0. The summed E-state index contributed by atoms with van der Waals surface area (Å²) in [5.41, 5.74) is 2.19. The fourth-order valence-electron chi connectivity index (χ4n) is 2.47. The van der Waals surface area contributed by atoms with Gasteiger partial charge in [-0.3, -0.25) is 14.5 Å². The lowest BCUT2D eigenvalue weighted by Gasteiger charge is -2.49. The molecular formula is C13H11N5O4S3. The highest BCUT2D eigenvalue weighted by Crippen LogP contribution is 2.41. The topological polar surface area (TPSA) is 136 Å². The number of nitrogens with zero attached hydrogens (tertiary/aromatic N) is 4. The molecule has 3 rings (SSSR count). The number of thioether (sulfide) groups is 2. The molecule has 2 amide bonds. The Morgan fingerprint density at radius 1 is 1.56 bits per heavy atom. The SMILES string of the molecule is N#CCC(=O)NC1C(=O)N2C(C(=O)O)=C(CSc3nncs3)CSC12. The van der Waals surface area contributed by atoms with Crippen molar-refractivity contribution in [3.05, 3.63) is 16.8 Å². The third-order valence-electron chi connectivity index (χ3n) is 3.52. The number of hydrogen-bond donors (Lipinski definition) is 2. The van der Waals surface area contributed by atoms with Crippen molar-refractivity contribution >= 4 is 52.6 Å². The third kappa shape index (κ3) is 3.48. The predicted molar refractivity (Wildman–Crippen MR) is 90.5 cm³/mol. The van der Waals surface area contributed by atoms with Crippen LogP contribution in [0.25, 0.3) is 0 Å². The molecule has 1 saturated heterocycles. The lowest BCUT2D eigenvalue weighted by Crippen LogP contribution is -2.70. The molecule has 25 heavy (non-hydrogen) atoms. The van der Waals surface area contributed by atoms with Crippen molar-refractivity contribution in [2.24, 2.45) is 0 Å². The van der Waals surface area contributed by atoms with Gasteiger partial charge < -0.3 is 10.4 Å². The van der Waals surface area contributed by atoms with Crippen molar-refractivity contribution in [3.63, 3.8) is 0 Å². The second kappa shape index (κ2) is 7.42. The summed E-state index contributed by atoms with van der Waals surface area (Å²) < 4.78 is 0.723. The van der Waals surface area contributed by atoms with Crippen LogP contribution in [0.15, 0.2) is 21.1 Å². The molecule has 3 heterocycles. The highest BCUT2D eigenvalue weighted by Gasteiger charge is 2.54. The van der Waals surface area contributed by atoms with Gasteiger partial charge in [0, 0.05) is 11.5 Å². The van der Waals surface area contributed by atoms with Crippen molar-refractivity contribution in [2.75, 3.05) is 11.5 Å². The Bertz CT molecular complexity index is 788. The fraction of sp³-hybridized carbons (Fsp3) is 0.385. The Morgan fingerprint density at radius 3 is 3.00 bits per heavy atom. The molecular weight excluding hydrogens is 386 g/mol. The average Bonchev–Trinajstić information content (AvgIpc) is 3.10. The van der Waals surface area contributed by atoms with Crippen molar-refractivity contribution in [2.45, 2.75) is 22.2 Å². The number of β-lactam (4-membered cyclic amide) rings is 1. The number of aliphatic carboxylic acids is 1. The van der Waals surface area contributed by atoms with Gasteiger partial charge in [0.2, 0.25) is 5.91 Å². The van der Waals surface area contributed by atoms with Gasteiger partial charge in [0.05, 0.1) is 6.07 Å². The molecule has 2 aliphatic rings. The third-order valence-corrected chi connectivity index (χ3v) is 6.80. The number of carboxylic acids is 1. The van der Waals surface area contributed by atoms with E-state index in [0.29, 0.717) is 17.1 Å². The summed E-state index contributed by atoms with van der Waals surface area (Å²) in [7, 11) is 0. The lowest BCUT2D eigenvalue weighted by molar-refractivity contribution is -0.150. The Morgan fingerprint density at radius 2 is 2.36 bits per heavy atom. The summed E-state index contributed by atoms with van der Waals surface area (Å²) >= 11 is 4.12. The molecule has 2 aliphatic heterocycles. The normalized spacial score (nSPS) is 22.0. The van der Waals surface area contributed by atoms with Gasteiger partial charge in [-0.1, -0.05) is 23.1 Å². The quantitative estimate of drug-likeness (QED) is 0.512. The van der Waals surface area contributed by atoms with E-state index >= 15 is 0 Å². The number of hydrogen-bond acceptors (Lipinski definition) is 9. The van der Waals surface area contributed by atoms with Crippen LogP contribution in [-0.4, -0.2) is 60.9 Å². The average molecular weight is 397 g/mol. The Kier molecular flexibility index (Phi) is 5.26. The van der Waals surface area contributed by atoms with Gasteiger partial charge in [0.25, 0.3) is 5.91 Å². The molecule has 0 radical (unpaired) electrons. The van der Waals surface area contributed by atoms with Crippen LogP contribution in [-0.2, 0) is 14.4 Å². The minimum absolute atomic E-state index is 0.0310. The maximum atomic E-state index is 12.3. The van der Waals surface area contributed by atoms with Gasteiger partial charge in [-0.15, -0.1) is 22.0 Å². The van der Waals surface area contributed by atoms with Gasteiger partial charge >= 0.3 is 5.97 Å². The molecule has 1 fully saturated rings. The minimum Gasteiger partial charge on any atom is -0.477 e. The van der Waals surface area contributed by atoms with Gasteiger partial charge in [-0.25, -0.2) is 4.79 Å². The van der Waals surface area contributed by atoms with Crippen LogP contribution in [0.2, 0.25) is 0 Å². The summed E-state index contributed by atoms with van der Waals surface area (Å²) in [4.78, 5) is 36.7. The van der Waals surface area contributed by atoms with Crippen molar-refractivity contribution in [1.29, 1.82) is 5.26 Å². The number of carboxylic acid groups (broad SMARTS) is 1. The van der Waals surface area contributed by atoms with E-state index < -0.39 is 29.2 Å². The molecule has 2 N–H and O–H groups in total. The number of nitrogens with one attached hydrogen (secondary N) is 1. The van der Waals surface area contributed by atoms with E-state index in [0.717, 1.165) is 4.34 Å². The van der Waals surface area contributed by atoms with Crippen LogP contribution >= 0.6 is 34.9 Å². The van der Waals surface area contributed by atoms with E-state index in [9.17, 15) is 19.5 Å². The van der Waals surface area contributed by atoms with Crippen LogP contribution < -0.4 is 5.32 Å². The molecule has 2 unspecified atom stereocenters. The molecule has 1 aromatic rings. The van der Waals surface area contributed by atoms with E-state index in [2.05, 4.69) is 15.5 Å². The van der Waals surface area contributed by atoms with E-state index in [-0.39, 0.29) is 12.1 Å². The molecule has 0 saturated carbocycles. The number of rotatable bonds is 6. The van der Waals surface area contributed by atoms with Gasteiger partial charge in [-0.2, -0.15) is 5.26 Å². The summed E-state index contributed by atoms with van der Waals surface area (Å²) in [6.45, 7) is 0. The number of nitriles is 1. The first kappa shape index (κ1) is 17.7. The van der Waals surface area contributed by atoms with Crippen LogP contribution in [0.4, 0.5) is 0 Å². The standard InChI is InChI=1S/C13H11N5O4S3/c14-2-1-7(19)16-8-10(20)18-9(12(21)22)6(3-23-11(8)18)4-24-13-17-15-5-25-13/h5,8,11H,1,3-4H2,(H,16,19)(H,21,22). The first-order valence-corrected chi connectivity index (χ1v) is 9.89. The largest absolute Gasteiger partial charge is 0.477 e. The minimum atomic E-state index is -1.17. The first-order valence-electron chi connectivity index (χ1n) is 6.98. The second-order valence-electron chi connectivity index (χ2n) is 5.04. The van der Waals surface area contributed by atoms with Crippen LogP contribution in [0.3, 0.4) is 0 Å². The zero-order valence-electron chi connectivity index (χ0n) is 12.5. The number of carbonyl (C=O) groups is 3. The number of fused-ring (bicyclic) bond motifs is 1. The van der Waals surface area contributed by atoms with E-state index in [4.69, 9.17) is 5.26 Å². The van der Waals surface area contributed by atoms with E-state index in [1.54, 1.807) is 11.6 Å². The zero-order valence-corrected chi connectivity index (χ0v) is 15.0. The fourth-order valence-corrected chi connectivity index (χ4v) is 5.44. The zero-order chi connectivity index (χ0) is 18.0. The molecule has 0 spiro atoms. The molecule has 9 nitrogen and oxygen atoms in total. The highest BCUT2D eigenvalue weighted by atomic mass is 32.2. The molecule has 1 aromatic heterocycles. The Hall–Kier alpha value is -2.10. The summed E-state index contributed by atoms with van der Waals surface area (Å²) in [6.07, 6.45) is -0.341. The lowest BCUT2D eigenvalue weighted by atomic mass is 10.0. The van der Waals surface area contributed by atoms with Crippen molar-refractivity contribution < 1.29 is 19.5 Å². The summed E-state index contributed by atoms with van der Waals surface area (Å²) in [5.74, 6) is -1.36. The molecule has 2 atom stereocenters. The summed E-state index contributed by atoms with van der Waals surface area (Å²) in [5, 5.41) is 27.7. The predicted octanol–water partition coefficient (Wildman–Crippen LogP) is 0.282. The van der Waals surface area contributed by atoms with Crippen molar-refractivity contribution in [3.8, 4) is 6.07 Å². The van der Waals surface area contributed by atoms with Gasteiger partial charge in [-0.05, 0) is 5.57 Å². The Balaban J connectivity index is 1.74. The number of carbonyl (C=O) groups excluding carboxylic acids is 2. The Labute approximate surface area is 154 Å². The van der Waals surface area contributed by atoms with Gasteiger partial charge in [0.1, 0.15) is 29.0 Å². The van der Waals surface area contributed by atoms with E-state index in [1.807, 2.05) is 0 Å². The monoisotopic (exact) mass is 397 g/mol. The molecule has 12 heteroatoms. The molecule has 0 aliphatic carbocycles.